The van der Waals surface area contributed by atoms with E-state index in [1.165, 1.54) is 5.56 Å². The third kappa shape index (κ3) is 2.99. The van der Waals surface area contributed by atoms with E-state index in [1.54, 1.807) is 6.26 Å². The fraction of sp³-hybridized carbons (Fsp3) is 0.417. The number of aryl methyl sites for hydroxylation is 3. The van der Waals surface area contributed by atoms with Crippen LogP contribution in [-0.4, -0.2) is 22.0 Å². The molecule has 1 rings (SSSR count). The van der Waals surface area contributed by atoms with Gasteiger partial charge >= 0.3 is 0 Å². The van der Waals surface area contributed by atoms with E-state index in [0.717, 1.165) is 11.1 Å². The molecular formula is C12H16O2S. The van der Waals surface area contributed by atoms with Crippen LogP contribution in [0.3, 0.4) is 0 Å². The number of hydrogen-bond acceptors (Lipinski definition) is 2. The molecule has 0 bridgehead atoms. The standard InChI is InChI=1S/C12H16O2S/c1-8-5-10(3)11(6-9(8)2)12(13)7-15(4)14/h5-6H,7H2,1-4H3. The summed E-state index contributed by atoms with van der Waals surface area (Å²) in [6.07, 6.45) is 1.55. The van der Waals surface area contributed by atoms with Crippen LogP contribution in [0.15, 0.2) is 12.1 Å². The van der Waals surface area contributed by atoms with E-state index in [9.17, 15) is 9.00 Å². The monoisotopic (exact) mass is 224 g/mol. The Kier molecular flexibility index (Phi) is 3.80. The smallest absolute Gasteiger partial charge is 0.175 e. The van der Waals surface area contributed by atoms with Gasteiger partial charge in [-0.25, -0.2) is 0 Å². The molecule has 0 fully saturated rings. The maximum absolute atomic E-state index is 11.7. The normalized spacial score (nSPS) is 12.5. The maximum Gasteiger partial charge on any atom is 0.175 e. The van der Waals surface area contributed by atoms with Gasteiger partial charge < -0.3 is 0 Å². The number of carbonyl (C=O) groups excluding carboxylic acids is 1. The molecule has 1 aromatic rings. The summed E-state index contributed by atoms with van der Waals surface area (Å²) in [4.78, 5) is 11.7. The maximum atomic E-state index is 11.7. The van der Waals surface area contributed by atoms with Crippen LogP contribution in [0.25, 0.3) is 0 Å². The lowest BCUT2D eigenvalue weighted by Gasteiger charge is -2.08. The molecule has 0 aromatic heterocycles. The molecule has 0 spiro atoms. The molecule has 0 saturated carbocycles. The first-order chi connectivity index (χ1) is 6.91. The second-order valence-corrected chi connectivity index (χ2v) is 5.33. The highest BCUT2D eigenvalue weighted by Crippen LogP contribution is 2.16. The van der Waals surface area contributed by atoms with Crippen molar-refractivity contribution in [3.63, 3.8) is 0 Å². The second kappa shape index (κ2) is 4.71. The van der Waals surface area contributed by atoms with Gasteiger partial charge in [0.1, 0.15) is 0 Å². The van der Waals surface area contributed by atoms with Gasteiger partial charge in [-0.3, -0.25) is 9.00 Å². The first kappa shape index (κ1) is 12.1. The van der Waals surface area contributed by atoms with Gasteiger partial charge in [-0.05, 0) is 43.5 Å². The molecule has 1 atom stereocenters. The Balaban J connectivity index is 3.09. The zero-order valence-corrected chi connectivity index (χ0v) is 10.4. The van der Waals surface area contributed by atoms with Crippen molar-refractivity contribution in [2.45, 2.75) is 20.8 Å². The molecule has 82 valence electrons. The third-order valence-electron chi connectivity index (χ3n) is 2.48. The van der Waals surface area contributed by atoms with Crippen molar-refractivity contribution >= 4 is 16.6 Å². The lowest BCUT2D eigenvalue weighted by molar-refractivity contribution is 0.102. The summed E-state index contributed by atoms with van der Waals surface area (Å²) in [6.45, 7) is 5.92. The minimum absolute atomic E-state index is 0.0311. The predicted octanol–water partition coefficient (Wildman–Crippen LogP) is 2.17. The van der Waals surface area contributed by atoms with E-state index in [-0.39, 0.29) is 11.5 Å². The van der Waals surface area contributed by atoms with E-state index >= 15 is 0 Å². The SMILES string of the molecule is Cc1cc(C)c(C(=O)CS(C)=O)cc1C. The van der Waals surface area contributed by atoms with Crippen LogP contribution in [0, 0.1) is 20.8 Å². The topological polar surface area (TPSA) is 34.1 Å². The van der Waals surface area contributed by atoms with Gasteiger partial charge in [0.2, 0.25) is 0 Å². The van der Waals surface area contributed by atoms with Gasteiger partial charge in [-0.15, -0.1) is 0 Å². The minimum atomic E-state index is -1.07. The van der Waals surface area contributed by atoms with Crippen molar-refractivity contribution in [3.05, 3.63) is 34.4 Å². The summed E-state index contributed by atoms with van der Waals surface area (Å²) in [5.41, 5.74) is 3.95. The van der Waals surface area contributed by atoms with E-state index in [0.29, 0.717) is 5.56 Å². The fourth-order valence-electron chi connectivity index (χ4n) is 1.52. The van der Waals surface area contributed by atoms with E-state index in [4.69, 9.17) is 0 Å². The Hall–Kier alpha value is -0.960. The van der Waals surface area contributed by atoms with Crippen LogP contribution < -0.4 is 0 Å². The van der Waals surface area contributed by atoms with Crippen molar-refractivity contribution in [1.82, 2.24) is 0 Å². The number of benzene rings is 1. The lowest BCUT2D eigenvalue weighted by Crippen LogP contribution is -2.11. The lowest BCUT2D eigenvalue weighted by atomic mass is 9.99. The Labute approximate surface area is 93.2 Å². The Bertz CT molecular complexity index is 422. The number of ketones is 1. The fourth-order valence-corrected chi connectivity index (χ4v) is 2.05. The minimum Gasteiger partial charge on any atom is -0.293 e. The molecule has 0 amide bonds. The Morgan fingerprint density at radius 3 is 2.20 bits per heavy atom. The number of hydrogen-bond donors (Lipinski definition) is 0. The van der Waals surface area contributed by atoms with Crippen molar-refractivity contribution < 1.29 is 9.00 Å². The first-order valence-corrected chi connectivity index (χ1v) is 6.55. The number of rotatable bonds is 3. The van der Waals surface area contributed by atoms with Crippen molar-refractivity contribution in [1.29, 1.82) is 0 Å². The average molecular weight is 224 g/mol. The number of Topliss-reactive ketones (excluding diaryl/α,β-unsaturated/α-hetero) is 1. The molecule has 15 heavy (non-hydrogen) atoms. The summed E-state index contributed by atoms with van der Waals surface area (Å²) in [5, 5.41) is 0. The van der Waals surface area contributed by atoms with Gasteiger partial charge in [0, 0.05) is 22.6 Å². The van der Waals surface area contributed by atoms with Crippen molar-refractivity contribution in [2.75, 3.05) is 12.0 Å². The number of carbonyl (C=O) groups is 1. The molecule has 0 saturated heterocycles. The van der Waals surface area contributed by atoms with E-state index < -0.39 is 10.8 Å². The summed E-state index contributed by atoms with van der Waals surface area (Å²) in [7, 11) is -1.07. The van der Waals surface area contributed by atoms with Gasteiger partial charge in [0.05, 0.1) is 5.75 Å². The second-order valence-electron chi connectivity index (χ2n) is 3.89. The van der Waals surface area contributed by atoms with Crippen molar-refractivity contribution in [3.8, 4) is 0 Å². The first-order valence-electron chi connectivity index (χ1n) is 4.83. The highest BCUT2D eigenvalue weighted by molar-refractivity contribution is 7.85. The molecule has 0 radical (unpaired) electrons. The highest BCUT2D eigenvalue weighted by atomic mass is 32.2. The van der Waals surface area contributed by atoms with Crippen molar-refractivity contribution in [2.24, 2.45) is 0 Å². The highest BCUT2D eigenvalue weighted by Gasteiger charge is 2.11. The summed E-state index contributed by atoms with van der Waals surface area (Å²) in [5.74, 6) is 0.0833. The van der Waals surface area contributed by atoms with Gasteiger partial charge in [0.15, 0.2) is 5.78 Å². The quantitative estimate of drug-likeness (QED) is 0.737. The molecule has 3 heteroatoms. The summed E-state index contributed by atoms with van der Waals surface area (Å²) >= 11 is 0. The molecule has 1 unspecified atom stereocenters. The largest absolute Gasteiger partial charge is 0.293 e. The van der Waals surface area contributed by atoms with E-state index in [1.807, 2.05) is 32.9 Å². The van der Waals surface area contributed by atoms with Crippen LogP contribution in [0.1, 0.15) is 27.0 Å². The zero-order chi connectivity index (χ0) is 11.6. The Morgan fingerprint density at radius 2 is 1.67 bits per heavy atom. The molecule has 0 N–H and O–H groups in total. The third-order valence-corrected chi connectivity index (χ3v) is 3.14. The molecule has 2 nitrogen and oxygen atoms in total. The molecule has 1 aromatic carbocycles. The van der Waals surface area contributed by atoms with Crippen LogP contribution >= 0.6 is 0 Å². The van der Waals surface area contributed by atoms with Crippen LogP contribution in [0.5, 0.6) is 0 Å². The zero-order valence-electron chi connectivity index (χ0n) is 9.59. The molecule has 0 aliphatic heterocycles. The van der Waals surface area contributed by atoms with Gasteiger partial charge in [0.25, 0.3) is 0 Å². The molecule has 0 heterocycles. The van der Waals surface area contributed by atoms with E-state index in [2.05, 4.69) is 0 Å². The average Bonchev–Trinajstić information content (AvgIpc) is 2.09. The van der Waals surface area contributed by atoms with Gasteiger partial charge in [-0.2, -0.15) is 0 Å². The van der Waals surface area contributed by atoms with Crippen LogP contribution in [0.4, 0.5) is 0 Å². The van der Waals surface area contributed by atoms with Gasteiger partial charge in [-0.1, -0.05) is 6.07 Å². The van der Waals surface area contributed by atoms with Crippen LogP contribution in [-0.2, 0) is 10.8 Å². The molecular weight excluding hydrogens is 208 g/mol. The Morgan fingerprint density at radius 1 is 1.13 bits per heavy atom. The van der Waals surface area contributed by atoms with Crippen LogP contribution in [0.2, 0.25) is 0 Å². The predicted molar refractivity (Wildman–Crippen MR) is 63.9 cm³/mol. The molecule has 0 aliphatic carbocycles. The summed E-state index contributed by atoms with van der Waals surface area (Å²) in [6, 6.07) is 3.89. The molecule has 0 aliphatic rings. The summed E-state index contributed by atoms with van der Waals surface area (Å²) < 4.78 is 11.0.